The highest BCUT2D eigenvalue weighted by molar-refractivity contribution is 9.10. The summed E-state index contributed by atoms with van der Waals surface area (Å²) in [5.41, 5.74) is 2.93. The second-order valence-corrected chi connectivity index (χ2v) is 6.00. The largest absolute Gasteiger partial charge is 0.365 e. The van der Waals surface area contributed by atoms with E-state index in [0.29, 0.717) is 12.0 Å². The first kappa shape index (κ1) is 12.5. The molecule has 2 atom stereocenters. The minimum Gasteiger partial charge on any atom is -0.365 e. The van der Waals surface area contributed by atoms with E-state index >= 15 is 0 Å². The van der Waals surface area contributed by atoms with E-state index in [-0.39, 0.29) is 0 Å². The second-order valence-electron chi connectivity index (χ2n) is 5.14. The van der Waals surface area contributed by atoms with Gasteiger partial charge in [-0.3, -0.25) is 0 Å². The fourth-order valence-electron chi connectivity index (χ4n) is 3.34. The minimum absolute atomic E-state index is 0.656. The summed E-state index contributed by atoms with van der Waals surface area (Å²) in [6.07, 6.45) is 1.25. The second kappa shape index (κ2) is 5.19. The smallest absolute Gasteiger partial charge is 0.0550 e. The van der Waals surface area contributed by atoms with Crippen LogP contribution < -0.4 is 15.5 Å². The van der Waals surface area contributed by atoms with Crippen molar-refractivity contribution in [2.75, 3.05) is 38.1 Å². The lowest BCUT2D eigenvalue weighted by Crippen LogP contribution is -2.45. The summed E-state index contributed by atoms with van der Waals surface area (Å²) in [6.45, 7) is 4.39. The van der Waals surface area contributed by atoms with Gasteiger partial charge in [0.2, 0.25) is 0 Å². The van der Waals surface area contributed by atoms with Crippen molar-refractivity contribution in [2.45, 2.75) is 18.4 Å². The Labute approximate surface area is 117 Å². The van der Waals surface area contributed by atoms with Crippen molar-refractivity contribution >= 4 is 21.6 Å². The molecule has 0 amide bonds. The van der Waals surface area contributed by atoms with Crippen LogP contribution in [0, 0.1) is 0 Å². The summed E-state index contributed by atoms with van der Waals surface area (Å²) in [5, 5.41) is 6.80. The molecule has 98 valence electrons. The lowest BCUT2D eigenvalue weighted by Gasteiger charge is -2.34. The van der Waals surface area contributed by atoms with Crippen molar-refractivity contribution in [3.63, 3.8) is 0 Å². The van der Waals surface area contributed by atoms with E-state index in [1.165, 1.54) is 22.1 Å². The normalized spacial score (nSPS) is 26.0. The molecule has 0 spiro atoms. The van der Waals surface area contributed by atoms with Gasteiger partial charge in [0.25, 0.3) is 0 Å². The van der Waals surface area contributed by atoms with Crippen LogP contribution in [0.4, 0.5) is 5.69 Å². The number of fused-ring (bicyclic) bond motifs is 3. The molecule has 1 aromatic carbocycles. The molecular weight excluding hydrogens is 290 g/mol. The molecule has 2 heterocycles. The van der Waals surface area contributed by atoms with Crippen molar-refractivity contribution in [3.8, 4) is 0 Å². The third-order valence-corrected chi connectivity index (χ3v) is 4.79. The van der Waals surface area contributed by atoms with E-state index in [2.05, 4.69) is 49.7 Å². The van der Waals surface area contributed by atoms with Crippen molar-refractivity contribution in [1.82, 2.24) is 10.6 Å². The van der Waals surface area contributed by atoms with Crippen LogP contribution in [0.15, 0.2) is 22.7 Å². The monoisotopic (exact) mass is 309 g/mol. The van der Waals surface area contributed by atoms with Crippen LogP contribution in [-0.4, -0.2) is 39.3 Å². The first-order valence-corrected chi connectivity index (χ1v) is 7.52. The number of nitrogens with one attached hydrogen (secondary N) is 2. The Bertz CT molecular complexity index is 435. The maximum atomic E-state index is 3.73. The Morgan fingerprint density at radius 1 is 1.50 bits per heavy atom. The number of piperidine rings is 1. The molecule has 2 aliphatic rings. The Morgan fingerprint density at radius 2 is 2.39 bits per heavy atom. The lowest BCUT2D eigenvalue weighted by atomic mass is 9.90. The summed E-state index contributed by atoms with van der Waals surface area (Å²) in [6, 6.07) is 7.30. The zero-order valence-corrected chi connectivity index (χ0v) is 12.3. The summed E-state index contributed by atoms with van der Waals surface area (Å²) in [4.78, 5) is 2.60. The van der Waals surface area contributed by atoms with Crippen LogP contribution in [0.3, 0.4) is 0 Å². The number of rotatable bonds is 3. The lowest BCUT2D eigenvalue weighted by molar-refractivity contribution is 0.402. The first-order chi connectivity index (χ1) is 8.83. The van der Waals surface area contributed by atoms with Crippen molar-refractivity contribution < 1.29 is 0 Å². The molecule has 2 N–H and O–H groups in total. The van der Waals surface area contributed by atoms with Crippen molar-refractivity contribution in [2.24, 2.45) is 0 Å². The molecule has 1 aromatic rings. The van der Waals surface area contributed by atoms with E-state index in [9.17, 15) is 0 Å². The average Bonchev–Trinajstić information content (AvgIpc) is 2.72. The van der Waals surface area contributed by atoms with Gasteiger partial charge in [0.15, 0.2) is 0 Å². The number of hydrogen-bond donors (Lipinski definition) is 2. The van der Waals surface area contributed by atoms with Gasteiger partial charge in [0, 0.05) is 36.1 Å². The molecule has 3 rings (SSSR count). The predicted octanol–water partition coefficient (Wildman–Crippen LogP) is 1.93. The highest BCUT2D eigenvalue weighted by Crippen LogP contribution is 2.46. The van der Waals surface area contributed by atoms with Gasteiger partial charge in [0.05, 0.1) is 5.69 Å². The highest BCUT2D eigenvalue weighted by Gasteiger charge is 2.40. The van der Waals surface area contributed by atoms with Crippen LogP contribution >= 0.6 is 15.9 Å². The molecule has 0 aromatic heterocycles. The number of benzene rings is 1. The number of anilines is 1. The standard InChI is InChI=1S/C14H20BrN3/c1-16-7-8-18-13-5-6-17-9-11(13)10-3-2-4-12(15)14(10)18/h2-4,11,13,16-17H,5-9H2,1H3/t11-,13-/m0/s1. The molecule has 0 bridgehead atoms. The third-order valence-electron chi connectivity index (χ3n) is 4.15. The topological polar surface area (TPSA) is 27.3 Å². The van der Waals surface area contributed by atoms with Gasteiger partial charge in [-0.2, -0.15) is 0 Å². The van der Waals surface area contributed by atoms with Crippen LogP contribution in [0.5, 0.6) is 0 Å². The molecule has 0 unspecified atom stereocenters. The van der Waals surface area contributed by atoms with E-state index < -0.39 is 0 Å². The van der Waals surface area contributed by atoms with Crippen molar-refractivity contribution in [1.29, 1.82) is 0 Å². The molecule has 1 saturated heterocycles. The van der Waals surface area contributed by atoms with Crippen LogP contribution in [0.1, 0.15) is 17.9 Å². The molecule has 18 heavy (non-hydrogen) atoms. The molecule has 2 aliphatic heterocycles. The van der Waals surface area contributed by atoms with E-state index in [0.717, 1.165) is 26.2 Å². The van der Waals surface area contributed by atoms with Crippen LogP contribution in [-0.2, 0) is 0 Å². The van der Waals surface area contributed by atoms with Crippen LogP contribution in [0.25, 0.3) is 0 Å². The molecular formula is C14H20BrN3. The Balaban J connectivity index is 1.98. The minimum atomic E-state index is 0.656. The number of halogens is 1. The summed E-state index contributed by atoms with van der Waals surface area (Å²) < 4.78 is 1.24. The Kier molecular flexibility index (Phi) is 3.59. The molecule has 1 fully saturated rings. The summed E-state index contributed by atoms with van der Waals surface area (Å²) in [7, 11) is 2.02. The molecule has 0 radical (unpaired) electrons. The van der Waals surface area contributed by atoms with Gasteiger partial charge in [-0.05, 0) is 47.6 Å². The number of para-hydroxylation sites is 1. The van der Waals surface area contributed by atoms with Crippen LogP contribution in [0.2, 0.25) is 0 Å². The maximum absolute atomic E-state index is 3.73. The highest BCUT2D eigenvalue weighted by atomic mass is 79.9. The fourth-order valence-corrected chi connectivity index (χ4v) is 3.95. The first-order valence-electron chi connectivity index (χ1n) is 6.73. The zero-order chi connectivity index (χ0) is 12.5. The van der Waals surface area contributed by atoms with Gasteiger partial charge >= 0.3 is 0 Å². The van der Waals surface area contributed by atoms with Gasteiger partial charge in [-0.1, -0.05) is 12.1 Å². The summed E-state index contributed by atoms with van der Waals surface area (Å²) in [5.74, 6) is 0.656. The molecule has 3 nitrogen and oxygen atoms in total. The van der Waals surface area contributed by atoms with Crippen molar-refractivity contribution in [3.05, 3.63) is 28.2 Å². The Morgan fingerprint density at radius 3 is 3.22 bits per heavy atom. The van der Waals surface area contributed by atoms with E-state index in [4.69, 9.17) is 0 Å². The molecule has 4 heteroatoms. The maximum Gasteiger partial charge on any atom is 0.0550 e. The quantitative estimate of drug-likeness (QED) is 0.893. The number of hydrogen-bond acceptors (Lipinski definition) is 3. The van der Waals surface area contributed by atoms with E-state index in [1.807, 2.05) is 7.05 Å². The van der Waals surface area contributed by atoms with Gasteiger partial charge in [-0.15, -0.1) is 0 Å². The number of nitrogens with zero attached hydrogens (tertiary/aromatic N) is 1. The zero-order valence-electron chi connectivity index (χ0n) is 10.7. The molecule has 0 aliphatic carbocycles. The van der Waals surface area contributed by atoms with Gasteiger partial charge in [0.1, 0.15) is 0 Å². The van der Waals surface area contributed by atoms with Gasteiger partial charge < -0.3 is 15.5 Å². The molecule has 0 saturated carbocycles. The average molecular weight is 310 g/mol. The van der Waals surface area contributed by atoms with E-state index in [1.54, 1.807) is 0 Å². The predicted molar refractivity (Wildman–Crippen MR) is 79.4 cm³/mol. The van der Waals surface area contributed by atoms with Gasteiger partial charge in [-0.25, -0.2) is 0 Å². The Hall–Kier alpha value is -0.580. The SMILES string of the molecule is CNCCN1c2c(Br)cccc2[C@@H]2CNCC[C@@H]21. The summed E-state index contributed by atoms with van der Waals surface area (Å²) >= 11 is 3.73. The fraction of sp³-hybridized carbons (Fsp3) is 0.571. The number of likely N-dealkylation sites (N-methyl/N-ethyl adjacent to an activating group) is 1. The third kappa shape index (κ3) is 1.96.